The summed E-state index contributed by atoms with van der Waals surface area (Å²) >= 11 is 3.45. The maximum Gasteiger partial charge on any atom is 0.257 e. The summed E-state index contributed by atoms with van der Waals surface area (Å²) in [7, 11) is 1.90. The fourth-order valence-electron chi connectivity index (χ4n) is 1.74. The first kappa shape index (κ1) is 17.0. The summed E-state index contributed by atoms with van der Waals surface area (Å²) < 4.78 is 6.63. The maximum atomic E-state index is 11.6. The van der Waals surface area contributed by atoms with Crippen molar-refractivity contribution in [3.8, 4) is 5.75 Å². The molecule has 4 nitrogen and oxygen atoms in total. The molecule has 0 aliphatic heterocycles. The van der Waals surface area contributed by atoms with Gasteiger partial charge >= 0.3 is 0 Å². The van der Waals surface area contributed by atoms with Gasteiger partial charge in [-0.25, -0.2) is 0 Å². The highest BCUT2D eigenvalue weighted by Gasteiger charge is 2.12. The molecule has 1 aromatic rings. The van der Waals surface area contributed by atoms with Crippen LogP contribution in [0.25, 0.3) is 0 Å². The predicted octanol–water partition coefficient (Wildman–Crippen LogP) is 3.02. The molecule has 0 fully saturated rings. The topological polar surface area (TPSA) is 50.4 Å². The van der Waals surface area contributed by atoms with E-state index in [1.165, 1.54) is 0 Å². The van der Waals surface area contributed by atoms with Crippen LogP contribution in [0, 0.1) is 0 Å². The first-order valence-corrected chi connectivity index (χ1v) is 7.74. The molecular weight excluding hydrogens is 320 g/mol. The van der Waals surface area contributed by atoms with E-state index >= 15 is 0 Å². The molecule has 1 rings (SSSR count). The second-order valence-corrected chi connectivity index (χ2v) is 5.60. The molecule has 1 unspecified atom stereocenters. The molecular formula is C15H23BrN2O2. The van der Waals surface area contributed by atoms with Gasteiger partial charge in [0.15, 0.2) is 6.61 Å². The Morgan fingerprint density at radius 2 is 2.20 bits per heavy atom. The van der Waals surface area contributed by atoms with E-state index in [0.29, 0.717) is 6.54 Å². The standard InChI is InChI=1S/C15H23BrN2O2/c1-4-5-8-18-15(19)10-20-14-7-6-12(16)9-13(14)11(2)17-3/h6-7,9,11,17H,4-5,8,10H2,1-3H3,(H,18,19). The van der Waals surface area contributed by atoms with Crippen LogP contribution in [0.5, 0.6) is 5.75 Å². The lowest BCUT2D eigenvalue weighted by molar-refractivity contribution is -0.123. The minimum atomic E-state index is -0.0792. The van der Waals surface area contributed by atoms with Crippen LogP contribution in [0.2, 0.25) is 0 Å². The van der Waals surface area contributed by atoms with E-state index in [1.54, 1.807) is 0 Å². The molecule has 0 heterocycles. The number of nitrogens with one attached hydrogen (secondary N) is 2. The average Bonchev–Trinajstić information content (AvgIpc) is 2.45. The number of carbonyl (C=O) groups is 1. The normalized spacial score (nSPS) is 12.0. The molecule has 1 amide bonds. The number of hydrogen-bond donors (Lipinski definition) is 2. The Morgan fingerprint density at radius 3 is 2.85 bits per heavy atom. The third-order valence-corrected chi connectivity index (χ3v) is 3.58. The van der Waals surface area contributed by atoms with Gasteiger partial charge in [-0.15, -0.1) is 0 Å². The number of hydrogen-bond acceptors (Lipinski definition) is 3. The molecule has 0 saturated heterocycles. The van der Waals surface area contributed by atoms with Crippen molar-refractivity contribution in [1.82, 2.24) is 10.6 Å². The monoisotopic (exact) mass is 342 g/mol. The van der Waals surface area contributed by atoms with Gasteiger partial charge in [0.2, 0.25) is 0 Å². The van der Waals surface area contributed by atoms with E-state index in [2.05, 4.69) is 40.4 Å². The summed E-state index contributed by atoms with van der Waals surface area (Å²) in [6, 6.07) is 5.96. The Labute approximate surface area is 129 Å². The summed E-state index contributed by atoms with van der Waals surface area (Å²) in [5, 5.41) is 6.02. The van der Waals surface area contributed by atoms with Crippen LogP contribution in [0.3, 0.4) is 0 Å². The lowest BCUT2D eigenvalue weighted by Crippen LogP contribution is -2.30. The van der Waals surface area contributed by atoms with E-state index in [0.717, 1.165) is 28.6 Å². The quantitative estimate of drug-likeness (QED) is 0.714. The summed E-state index contributed by atoms with van der Waals surface area (Å²) in [5.41, 5.74) is 1.03. The predicted molar refractivity (Wildman–Crippen MR) is 85.0 cm³/mol. The van der Waals surface area contributed by atoms with Crippen LogP contribution in [-0.4, -0.2) is 26.1 Å². The van der Waals surface area contributed by atoms with Gasteiger partial charge in [-0.3, -0.25) is 4.79 Å². The van der Waals surface area contributed by atoms with Crippen molar-refractivity contribution in [2.45, 2.75) is 32.7 Å². The van der Waals surface area contributed by atoms with Crippen molar-refractivity contribution in [3.05, 3.63) is 28.2 Å². The molecule has 0 aliphatic rings. The molecule has 1 atom stereocenters. The van der Waals surface area contributed by atoms with Gasteiger partial charge in [0.1, 0.15) is 5.75 Å². The third kappa shape index (κ3) is 5.51. The molecule has 0 radical (unpaired) electrons. The zero-order chi connectivity index (χ0) is 15.0. The van der Waals surface area contributed by atoms with E-state index in [9.17, 15) is 4.79 Å². The van der Waals surface area contributed by atoms with Crippen LogP contribution >= 0.6 is 15.9 Å². The summed E-state index contributed by atoms with van der Waals surface area (Å²) in [6.45, 7) is 4.90. The number of benzene rings is 1. The van der Waals surface area contributed by atoms with Crippen molar-refractivity contribution >= 4 is 21.8 Å². The summed E-state index contributed by atoms with van der Waals surface area (Å²) in [6.07, 6.45) is 2.06. The minimum Gasteiger partial charge on any atom is -0.483 e. The number of unbranched alkanes of at least 4 members (excludes halogenated alkanes) is 1. The van der Waals surface area contributed by atoms with Gasteiger partial charge in [0, 0.05) is 22.6 Å². The maximum absolute atomic E-state index is 11.6. The zero-order valence-electron chi connectivity index (χ0n) is 12.3. The van der Waals surface area contributed by atoms with Gasteiger partial charge in [-0.1, -0.05) is 29.3 Å². The van der Waals surface area contributed by atoms with Crippen LogP contribution in [0.1, 0.15) is 38.3 Å². The highest BCUT2D eigenvalue weighted by molar-refractivity contribution is 9.10. The first-order valence-electron chi connectivity index (χ1n) is 6.94. The molecule has 0 aliphatic carbocycles. The number of amides is 1. The minimum absolute atomic E-state index is 0.0504. The fourth-order valence-corrected chi connectivity index (χ4v) is 2.12. The SMILES string of the molecule is CCCCNC(=O)COc1ccc(Br)cc1C(C)NC. The number of rotatable bonds is 8. The Kier molecular flexibility index (Phi) is 7.62. The molecule has 1 aromatic carbocycles. The first-order chi connectivity index (χ1) is 9.58. The molecule has 20 heavy (non-hydrogen) atoms. The van der Waals surface area contributed by atoms with E-state index in [-0.39, 0.29) is 18.6 Å². The molecule has 0 aromatic heterocycles. The molecule has 0 bridgehead atoms. The van der Waals surface area contributed by atoms with Crippen LogP contribution in [-0.2, 0) is 4.79 Å². The Hall–Kier alpha value is -1.07. The summed E-state index contributed by atoms with van der Waals surface area (Å²) in [5.74, 6) is 0.658. The highest BCUT2D eigenvalue weighted by Crippen LogP contribution is 2.28. The molecule has 0 spiro atoms. The molecule has 112 valence electrons. The fraction of sp³-hybridized carbons (Fsp3) is 0.533. The van der Waals surface area contributed by atoms with Gasteiger partial charge < -0.3 is 15.4 Å². The summed E-state index contributed by atoms with van der Waals surface area (Å²) in [4.78, 5) is 11.6. The molecule has 0 saturated carbocycles. The number of halogens is 1. The van der Waals surface area contributed by atoms with Gasteiger partial charge in [-0.2, -0.15) is 0 Å². The van der Waals surface area contributed by atoms with Crippen molar-refractivity contribution in [1.29, 1.82) is 0 Å². The van der Waals surface area contributed by atoms with Gasteiger partial charge in [-0.05, 0) is 38.6 Å². The Bertz CT molecular complexity index is 438. The van der Waals surface area contributed by atoms with Gasteiger partial charge in [0.25, 0.3) is 5.91 Å². The Morgan fingerprint density at radius 1 is 1.45 bits per heavy atom. The smallest absolute Gasteiger partial charge is 0.257 e. The van der Waals surface area contributed by atoms with Gasteiger partial charge in [0.05, 0.1) is 0 Å². The van der Waals surface area contributed by atoms with Crippen molar-refractivity contribution in [3.63, 3.8) is 0 Å². The highest BCUT2D eigenvalue weighted by atomic mass is 79.9. The van der Waals surface area contributed by atoms with Crippen LogP contribution in [0.15, 0.2) is 22.7 Å². The number of carbonyl (C=O) groups excluding carboxylic acids is 1. The average molecular weight is 343 g/mol. The van der Waals surface area contributed by atoms with Crippen molar-refractivity contribution in [2.24, 2.45) is 0 Å². The van der Waals surface area contributed by atoms with Crippen molar-refractivity contribution < 1.29 is 9.53 Å². The molecule has 2 N–H and O–H groups in total. The second kappa shape index (κ2) is 8.97. The third-order valence-electron chi connectivity index (χ3n) is 3.08. The van der Waals surface area contributed by atoms with E-state index < -0.39 is 0 Å². The lowest BCUT2D eigenvalue weighted by Gasteiger charge is -2.17. The Balaban J connectivity index is 2.61. The van der Waals surface area contributed by atoms with Crippen LogP contribution in [0.4, 0.5) is 0 Å². The largest absolute Gasteiger partial charge is 0.483 e. The second-order valence-electron chi connectivity index (χ2n) is 4.68. The number of ether oxygens (including phenoxy) is 1. The van der Waals surface area contributed by atoms with Crippen LogP contribution < -0.4 is 15.4 Å². The van der Waals surface area contributed by atoms with Crippen molar-refractivity contribution in [2.75, 3.05) is 20.2 Å². The molecule has 5 heteroatoms. The zero-order valence-corrected chi connectivity index (χ0v) is 13.9. The lowest BCUT2D eigenvalue weighted by atomic mass is 10.1. The van der Waals surface area contributed by atoms with E-state index in [1.807, 2.05) is 25.2 Å². The van der Waals surface area contributed by atoms with E-state index in [4.69, 9.17) is 4.74 Å².